The zero-order valence-corrected chi connectivity index (χ0v) is 10.6. The molecule has 17 heavy (non-hydrogen) atoms. The standard InChI is InChI=1S/C13H23NO3/c1-10-3-2-4-11(7-10)12(15)14-8-13(16)5-6-17-9-13/h10-11,16H,2-9H2,1H3,(H,14,15)/t10-,11-,13-/m1/s1. The van der Waals surface area contributed by atoms with E-state index in [2.05, 4.69) is 12.2 Å². The predicted molar refractivity (Wildman–Crippen MR) is 64.5 cm³/mol. The summed E-state index contributed by atoms with van der Waals surface area (Å²) in [6, 6.07) is 0. The van der Waals surface area contributed by atoms with Crippen LogP contribution >= 0.6 is 0 Å². The van der Waals surface area contributed by atoms with Crippen molar-refractivity contribution < 1.29 is 14.6 Å². The third-order valence-corrected chi connectivity index (χ3v) is 3.98. The molecule has 1 heterocycles. The van der Waals surface area contributed by atoms with E-state index in [-0.39, 0.29) is 11.8 Å². The van der Waals surface area contributed by atoms with Gasteiger partial charge in [0.15, 0.2) is 0 Å². The van der Waals surface area contributed by atoms with Crippen LogP contribution in [0, 0.1) is 11.8 Å². The van der Waals surface area contributed by atoms with E-state index in [4.69, 9.17) is 4.74 Å². The fraction of sp³-hybridized carbons (Fsp3) is 0.923. The topological polar surface area (TPSA) is 58.6 Å². The fourth-order valence-electron chi connectivity index (χ4n) is 2.80. The third-order valence-electron chi connectivity index (χ3n) is 3.98. The molecule has 1 aliphatic carbocycles. The van der Waals surface area contributed by atoms with Crippen molar-refractivity contribution in [2.24, 2.45) is 11.8 Å². The summed E-state index contributed by atoms with van der Waals surface area (Å²) in [5.74, 6) is 0.902. The van der Waals surface area contributed by atoms with Crippen LogP contribution in [0.1, 0.15) is 39.0 Å². The van der Waals surface area contributed by atoms with E-state index in [1.165, 1.54) is 6.42 Å². The van der Waals surface area contributed by atoms with Crippen LogP contribution in [0.25, 0.3) is 0 Å². The summed E-state index contributed by atoms with van der Waals surface area (Å²) >= 11 is 0. The molecule has 0 aromatic carbocycles. The van der Waals surface area contributed by atoms with Gasteiger partial charge in [0.05, 0.1) is 6.61 Å². The maximum absolute atomic E-state index is 12.0. The summed E-state index contributed by atoms with van der Waals surface area (Å²) in [5.41, 5.74) is -0.837. The van der Waals surface area contributed by atoms with E-state index in [9.17, 15) is 9.90 Å². The van der Waals surface area contributed by atoms with Crippen molar-refractivity contribution in [3.63, 3.8) is 0 Å². The van der Waals surface area contributed by atoms with Crippen LogP contribution < -0.4 is 5.32 Å². The number of carbonyl (C=O) groups is 1. The molecule has 3 atom stereocenters. The molecule has 0 aromatic heterocycles. The average molecular weight is 241 g/mol. The number of carbonyl (C=O) groups excluding carboxylic acids is 1. The molecule has 0 aromatic rings. The first kappa shape index (κ1) is 12.8. The van der Waals surface area contributed by atoms with Crippen LogP contribution in [0.3, 0.4) is 0 Å². The van der Waals surface area contributed by atoms with Gasteiger partial charge < -0.3 is 15.2 Å². The largest absolute Gasteiger partial charge is 0.386 e. The summed E-state index contributed by atoms with van der Waals surface area (Å²) in [7, 11) is 0. The number of hydrogen-bond donors (Lipinski definition) is 2. The molecule has 2 rings (SSSR count). The normalized spacial score (nSPS) is 38.0. The first-order valence-electron chi connectivity index (χ1n) is 6.67. The number of ether oxygens (including phenoxy) is 1. The Morgan fingerprint density at radius 3 is 3.00 bits per heavy atom. The highest BCUT2D eigenvalue weighted by Crippen LogP contribution is 2.28. The van der Waals surface area contributed by atoms with Gasteiger partial charge >= 0.3 is 0 Å². The Balaban J connectivity index is 1.76. The Bertz CT molecular complexity index is 274. The van der Waals surface area contributed by atoms with Gasteiger partial charge in [0.25, 0.3) is 0 Å². The number of amides is 1. The van der Waals surface area contributed by atoms with Crippen molar-refractivity contribution in [3.05, 3.63) is 0 Å². The Kier molecular flexibility index (Phi) is 4.05. The second kappa shape index (κ2) is 5.36. The average Bonchev–Trinajstić information content (AvgIpc) is 2.74. The lowest BCUT2D eigenvalue weighted by Gasteiger charge is -2.27. The van der Waals surface area contributed by atoms with Crippen molar-refractivity contribution in [2.75, 3.05) is 19.8 Å². The molecule has 4 nitrogen and oxygen atoms in total. The first-order valence-corrected chi connectivity index (χ1v) is 6.67. The maximum atomic E-state index is 12.0. The molecule has 1 aliphatic heterocycles. The predicted octanol–water partition coefficient (Wildman–Crippen LogP) is 1.08. The van der Waals surface area contributed by atoms with Gasteiger partial charge in [-0.2, -0.15) is 0 Å². The number of nitrogens with one attached hydrogen (secondary N) is 1. The second-order valence-electron chi connectivity index (χ2n) is 5.71. The van der Waals surface area contributed by atoms with Gasteiger partial charge in [-0.25, -0.2) is 0 Å². The minimum Gasteiger partial charge on any atom is -0.386 e. The van der Waals surface area contributed by atoms with Crippen LogP contribution in [0.4, 0.5) is 0 Å². The van der Waals surface area contributed by atoms with Crippen molar-refractivity contribution >= 4 is 5.91 Å². The summed E-state index contributed by atoms with van der Waals surface area (Å²) in [6.07, 6.45) is 4.98. The molecular weight excluding hydrogens is 218 g/mol. The molecule has 0 bridgehead atoms. The molecule has 98 valence electrons. The van der Waals surface area contributed by atoms with E-state index < -0.39 is 5.60 Å². The number of aliphatic hydroxyl groups is 1. The van der Waals surface area contributed by atoms with E-state index in [1.54, 1.807) is 0 Å². The Hall–Kier alpha value is -0.610. The van der Waals surface area contributed by atoms with Gasteiger partial charge in [-0.1, -0.05) is 19.8 Å². The van der Waals surface area contributed by atoms with E-state index >= 15 is 0 Å². The van der Waals surface area contributed by atoms with E-state index in [0.717, 1.165) is 19.3 Å². The lowest BCUT2D eigenvalue weighted by Crippen LogP contribution is -2.45. The van der Waals surface area contributed by atoms with Crippen molar-refractivity contribution in [1.29, 1.82) is 0 Å². The second-order valence-corrected chi connectivity index (χ2v) is 5.71. The molecule has 4 heteroatoms. The molecule has 2 N–H and O–H groups in total. The highest BCUT2D eigenvalue weighted by molar-refractivity contribution is 5.78. The third kappa shape index (κ3) is 3.42. The highest BCUT2D eigenvalue weighted by atomic mass is 16.5. The Morgan fingerprint density at radius 1 is 1.53 bits per heavy atom. The van der Waals surface area contributed by atoms with Crippen LogP contribution in [-0.4, -0.2) is 36.4 Å². The van der Waals surface area contributed by atoms with Gasteiger partial charge in [0, 0.05) is 25.5 Å². The molecular formula is C13H23NO3. The molecule has 0 spiro atoms. The van der Waals surface area contributed by atoms with Crippen molar-refractivity contribution in [1.82, 2.24) is 5.32 Å². The zero-order valence-electron chi connectivity index (χ0n) is 10.6. The van der Waals surface area contributed by atoms with Gasteiger partial charge in [-0.3, -0.25) is 4.79 Å². The Labute approximate surface area is 103 Å². The molecule has 1 saturated heterocycles. The quantitative estimate of drug-likeness (QED) is 0.777. The summed E-state index contributed by atoms with van der Waals surface area (Å²) in [5, 5.41) is 12.9. The molecule has 2 fully saturated rings. The molecule has 2 aliphatic rings. The monoisotopic (exact) mass is 241 g/mol. The fourth-order valence-corrected chi connectivity index (χ4v) is 2.80. The molecule has 0 unspecified atom stereocenters. The number of rotatable bonds is 3. The summed E-state index contributed by atoms with van der Waals surface area (Å²) in [4.78, 5) is 12.0. The zero-order chi connectivity index (χ0) is 12.3. The Morgan fingerprint density at radius 2 is 2.35 bits per heavy atom. The molecule has 1 saturated carbocycles. The van der Waals surface area contributed by atoms with Crippen molar-refractivity contribution in [3.8, 4) is 0 Å². The highest BCUT2D eigenvalue weighted by Gasteiger charge is 2.33. The van der Waals surface area contributed by atoms with Crippen LogP contribution in [0.2, 0.25) is 0 Å². The van der Waals surface area contributed by atoms with E-state index in [0.29, 0.717) is 32.1 Å². The lowest BCUT2D eigenvalue weighted by atomic mass is 9.82. The summed E-state index contributed by atoms with van der Waals surface area (Å²) in [6.45, 7) is 3.47. The van der Waals surface area contributed by atoms with Crippen LogP contribution in [0.5, 0.6) is 0 Å². The van der Waals surface area contributed by atoms with Gasteiger partial charge in [-0.15, -0.1) is 0 Å². The molecule has 0 radical (unpaired) electrons. The SMILES string of the molecule is C[C@@H]1CCC[C@@H](C(=O)NC[C@]2(O)CCOC2)C1. The maximum Gasteiger partial charge on any atom is 0.223 e. The first-order chi connectivity index (χ1) is 8.09. The number of hydrogen-bond acceptors (Lipinski definition) is 3. The van der Waals surface area contributed by atoms with Gasteiger partial charge in [0.1, 0.15) is 5.60 Å². The van der Waals surface area contributed by atoms with Crippen LogP contribution in [-0.2, 0) is 9.53 Å². The minimum absolute atomic E-state index is 0.108. The molecule has 1 amide bonds. The van der Waals surface area contributed by atoms with Gasteiger partial charge in [-0.05, 0) is 18.8 Å². The smallest absolute Gasteiger partial charge is 0.223 e. The lowest BCUT2D eigenvalue weighted by molar-refractivity contribution is -0.127. The minimum atomic E-state index is -0.837. The van der Waals surface area contributed by atoms with Crippen molar-refractivity contribution in [2.45, 2.75) is 44.6 Å². The van der Waals surface area contributed by atoms with Crippen LogP contribution in [0.15, 0.2) is 0 Å². The van der Waals surface area contributed by atoms with Gasteiger partial charge in [0.2, 0.25) is 5.91 Å². The van der Waals surface area contributed by atoms with E-state index in [1.807, 2.05) is 0 Å². The summed E-state index contributed by atoms with van der Waals surface area (Å²) < 4.78 is 5.15.